The molecule has 3 heteroatoms. The molecule has 0 radical (unpaired) electrons. The van der Waals surface area contributed by atoms with Gasteiger partial charge in [-0.1, -0.05) is 29.8 Å². The number of halogens is 2. The molecule has 0 aromatic heterocycles. The van der Waals surface area contributed by atoms with Gasteiger partial charge in [0.1, 0.15) is 5.82 Å². The van der Waals surface area contributed by atoms with Crippen LogP contribution in [0, 0.1) is 5.82 Å². The summed E-state index contributed by atoms with van der Waals surface area (Å²) in [5, 5.41) is 3.59. The van der Waals surface area contributed by atoms with Crippen molar-refractivity contribution in [3.05, 3.63) is 41.2 Å². The SMILES string of the molecule is Cl.Fc1ccccc1C=C1CC2CCC(C1)N2. The molecule has 2 atom stereocenters. The number of hydrogen-bond donors (Lipinski definition) is 1. The fourth-order valence-corrected chi connectivity index (χ4v) is 2.87. The Morgan fingerprint density at radius 3 is 2.41 bits per heavy atom. The zero-order valence-electron chi connectivity index (χ0n) is 9.66. The number of nitrogens with one attached hydrogen (secondary N) is 1. The van der Waals surface area contributed by atoms with Crippen LogP contribution in [0.15, 0.2) is 29.8 Å². The van der Waals surface area contributed by atoms with E-state index in [2.05, 4.69) is 5.32 Å². The Morgan fingerprint density at radius 1 is 1.12 bits per heavy atom. The average molecular weight is 254 g/mol. The number of benzene rings is 1. The molecule has 2 aliphatic rings. The van der Waals surface area contributed by atoms with Crippen molar-refractivity contribution in [1.82, 2.24) is 5.32 Å². The Morgan fingerprint density at radius 2 is 1.76 bits per heavy atom. The van der Waals surface area contributed by atoms with Crippen molar-refractivity contribution in [2.45, 2.75) is 37.8 Å². The number of fused-ring (bicyclic) bond motifs is 2. The van der Waals surface area contributed by atoms with Gasteiger partial charge in [-0.05, 0) is 31.7 Å². The van der Waals surface area contributed by atoms with E-state index in [9.17, 15) is 4.39 Å². The molecule has 0 saturated carbocycles. The molecule has 1 aromatic carbocycles. The third-order valence-corrected chi connectivity index (χ3v) is 3.62. The Hall–Kier alpha value is -0.860. The summed E-state index contributed by atoms with van der Waals surface area (Å²) < 4.78 is 13.5. The molecule has 0 aliphatic carbocycles. The Bertz CT molecular complexity index is 416. The highest BCUT2D eigenvalue weighted by Crippen LogP contribution is 2.31. The van der Waals surface area contributed by atoms with Gasteiger partial charge in [0.05, 0.1) is 0 Å². The van der Waals surface area contributed by atoms with Gasteiger partial charge in [-0.25, -0.2) is 4.39 Å². The molecule has 2 bridgehead atoms. The van der Waals surface area contributed by atoms with Crippen LogP contribution in [0.5, 0.6) is 0 Å². The molecular formula is C14H17ClFN. The lowest BCUT2D eigenvalue weighted by Crippen LogP contribution is -2.34. The minimum atomic E-state index is -0.110. The third-order valence-electron chi connectivity index (χ3n) is 3.62. The first kappa shape index (κ1) is 12.6. The predicted molar refractivity (Wildman–Crippen MR) is 70.8 cm³/mol. The quantitative estimate of drug-likeness (QED) is 0.807. The van der Waals surface area contributed by atoms with E-state index in [4.69, 9.17) is 0 Å². The van der Waals surface area contributed by atoms with Crippen LogP contribution in [-0.2, 0) is 0 Å². The van der Waals surface area contributed by atoms with Crippen LogP contribution >= 0.6 is 12.4 Å². The van der Waals surface area contributed by atoms with Crippen molar-refractivity contribution in [1.29, 1.82) is 0 Å². The first-order chi connectivity index (χ1) is 7.81. The Kier molecular flexibility index (Phi) is 3.85. The van der Waals surface area contributed by atoms with Crippen molar-refractivity contribution in [3.8, 4) is 0 Å². The summed E-state index contributed by atoms with van der Waals surface area (Å²) >= 11 is 0. The standard InChI is InChI=1S/C14H16FN.ClH/c15-14-4-2-1-3-11(14)7-10-8-12-5-6-13(9-10)16-12;/h1-4,7,12-13,16H,5-6,8-9H2;1H. The summed E-state index contributed by atoms with van der Waals surface area (Å²) in [6.07, 6.45) is 6.77. The normalized spacial score (nSPS) is 26.5. The first-order valence-corrected chi connectivity index (χ1v) is 6.01. The van der Waals surface area contributed by atoms with Crippen LogP contribution in [-0.4, -0.2) is 12.1 Å². The van der Waals surface area contributed by atoms with E-state index in [0.29, 0.717) is 12.1 Å². The Balaban J connectivity index is 0.00000108. The van der Waals surface area contributed by atoms with E-state index < -0.39 is 0 Å². The number of rotatable bonds is 1. The van der Waals surface area contributed by atoms with E-state index in [1.165, 1.54) is 24.5 Å². The van der Waals surface area contributed by atoms with Crippen molar-refractivity contribution in [2.24, 2.45) is 0 Å². The minimum Gasteiger partial charge on any atom is -0.311 e. The molecule has 92 valence electrons. The molecule has 1 N–H and O–H groups in total. The van der Waals surface area contributed by atoms with E-state index in [-0.39, 0.29) is 18.2 Å². The van der Waals surface area contributed by atoms with Crippen molar-refractivity contribution < 1.29 is 4.39 Å². The summed E-state index contributed by atoms with van der Waals surface area (Å²) in [7, 11) is 0. The summed E-state index contributed by atoms with van der Waals surface area (Å²) in [5.74, 6) is -0.110. The van der Waals surface area contributed by atoms with Gasteiger partial charge < -0.3 is 5.32 Å². The summed E-state index contributed by atoms with van der Waals surface area (Å²) in [4.78, 5) is 0. The maximum absolute atomic E-state index is 13.5. The molecule has 17 heavy (non-hydrogen) atoms. The number of hydrogen-bond acceptors (Lipinski definition) is 1. The van der Waals surface area contributed by atoms with Gasteiger partial charge in [0, 0.05) is 17.6 Å². The molecule has 2 saturated heterocycles. The monoisotopic (exact) mass is 253 g/mol. The topological polar surface area (TPSA) is 12.0 Å². The minimum absolute atomic E-state index is 0. The Labute approximate surface area is 108 Å². The maximum Gasteiger partial charge on any atom is 0.130 e. The number of piperidine rings is 1. The molecule has 1 aromatic rings. The predicted octanol–water partition coefficient (Wildman–Crippen LogP) is 3.55. The van der Waals surface area contributed by atoms with E-state index >= 15 is 0 Å². The average Bonchev–Trinajstić information content (AvgIpc) is 2.62. The molecule has 1 nitrogen and oxygen atoms in total. The van der Waals surface area contributed by atoms with Gasteiger partial charge in [-0.15, -0.1) is 12.4 Å². The van der Waals surface area contributed by atoms with Crippen molar-refractivity contribution in [3.63, 3.8) is 0 Å². The van der Waals surface area contributed by atoms with Crippen LogP contribution in [0.1, 0.15) is 31.2 Å². The molecule has 3 rings (SSSR count). The van der Waals surface area contributed by atoms with Crippen molar-refractivity contribution >= 4 is 18.5 Å². The second-order valence-corrected chi connectivity index (χ2v) is 4.87. The highest BCUT2D eigenvalue weighted by atomic mass is 35.5. The smallest absolute Gasteiger partial charge is 0.130 e. The van der Waals surface area contributed by atoms with Crippen molar-refractivity contribution in [2.75, 3.05) is 0 Å². The van der Waals surface area contributed by atoms with E-state index in [0.717, 1.165) is 18.4 Å². The molecule has 0 amide bonds. The summed E-state index contributed by atoms with van der Waals surface area (Å²) in [6.45, 7) is 0. The highest BCUT2D eigenvalue weighted by Gasteiger charge is 2.29. The highest BCUT2D eigenvalue weighted by molar-refractivity contribution is 5.85. The summed E-state index contributed by atoms with van der Waals surface area (Å²) in [6, 6.07) is 8.29. The van der Waals surface area contributed by atoms with Gasteiger partial charge in [0.15, 0.2) is 0 Å². The largest absolute Gasteiger partial charge is 0.311 e. The van der Waals surface area contributed by atoms with Crippen LogP contribution < -0.4 is 5.32 Å². The van der Waals surface area contributed by atoms with E-state index in [1.54, 1.807) is 6.07 Å². The lowest BCUT2D eigenvalue weighted by atomic mass is 9.97. The molecule has 2 unspecified atom stereocenters. The second kappa shape index (κ2) is 5.19. The lowest BCUT2D eigenvalue weighted by molar-refractivity contribution is 0.476. The van der Waals surface area contributed by atoms with E-state index in [1.807, 2.05) is 18.2 Å². The van der Waals surface area contributed by atoms with Crippen LogP contribution in [0.4, 0.5) is 4.39 Å². The van der Waals surface area contributed by atoms with Crippen LogP contribution in [0.2, 0.25) is 0 Å². The molecule has 0 spiro atoms. The molecule has 2 fully saturated rings. The zero-order valence-corrected chi connectivity index (χ0v) is 10.5. The molecular weight excluding hydrogens is 237 g/mol. The fourth-order valence-electron chi connectivity index (χ4n) is 2.87. The van der Waals surface area contributed by atoms with Gasteiger partial charge in [0.25, 0.3) is 0 Å². The lowest BCUT2D eigenvalue weighted by Gasteiger charge is -2.23. The molecule has 2 heterocycles. The maximum atomic E-state index is 13.5. The first-order valence-electron chi connectivity index (χ1n) is 6.01. The molecule has 2 aliphatic heterocycles. The third kappa shape index (κ3) is 2.70. The van der Waals surface area contributed by atoms with Gasteiger partial charge in [-0.2, -0.15) is 0 Å². The fraction of sp³-hybridized carbons (Fsp3) is 0.429. The van der Waals surface area contributed by atoms with Crippen LogP contribution in [0.3, 0.4) is 0 Å². The summed E-state index contributed by atoms with van der Waals surface area (Å²) in [5.41, 5.74) is 2.13. The van der Waals surface area contributed by atoms with Gasteiger partial charge in [0.2, 0.25) is 0 Å². The second-order valence-electron chi connectivity index (χ2n) is 4.87. The zero-order chi connectivity index (χ0) is 11.0. The van der Waals surface area contributed by atoms with Crippen LogP contribution in [0.25, 0.3) is 6.08 Å². The van der Waals surface area contributed by atoms with Gasteiger partial charge in [-0.3, -0.25) is 0 Å². The van der Waals surface area contributed by atoms with Gasteiger partial charge >= 0.3 is 0 Å².